The summed E-state index contributed by atoms with van der Waals surface area (Å²) in [6, 6.07) is 0. The molecule has 0 aromatic carbocycles. The van der Waals surface area contributed by atoms with Crippen molar-refractivity contribution in [3.63, 3.8) is 0 Å². The summed E-state index contributed by atoms with van der Waals surface area (Å²) >= 11 is 0. The van der Waals surface area contributed by atoms with Crippen LogP contribution in [0.15, 0.2) is 0 Å². The summed E-state index contributed by atoms with van der Waals surface area (Å²) in [5.74, 6) is 0. The Kier molecular flexibility index (Phi) is 10200. The van der Waals surface area contributed by atoms with Crippen molar-refractivity contribution in [2.24, 2.45) is 0 Å². The molecule has 3 N–H and O–H groups in total. The van der Waals surface area contributed by atoms with E-state index in [4.69, 9.17) is 29.5 Å². The second-order valence-electron chi connectivity index (χ2n) is 0. The molecule has 0 unspecified atom stereocenters. The molecule has 47 valence electrons. The first-order chi connectivity index (χ1) is 3.00. The van der Waals surface area contributed by atoms with Crippen molar-refractivity contribution in [2.75, 3.05) is 0 Å². The molecule has 0 amide bonds. The maximum absolute atomic E-state index is 8.50. The van der Waals surface area contributed by atoms with Crippen LogP contribution in [0, 0.1) is 0 Å². The summed E-state index contributed by atoms with van der Waals surface area (Å²) in [5, 5.41) is 16.5. The molecule has 3 nitrogen and oxygen atoms in total. The Morgan fingerprint density at radius 1 is 0.571 bits per heavy atom. The van der Waals surface area contributed by atoms with E-state index in [1.807, 2.05) is 0 Å². The Hall–Kier alpha value is 0.254. The predicted molar refractivity (Wildman–Crippen MR) is 9.98 cm³/mol. The van der Waals surface area contributed by atoms with Crippen LogP contribution in [0.3, 0.4) is 0 Å². The summed E-state index contributed by atoms with van der Waals surface area (Å²) in [5.41, 5.74) is 0. The quantitative estimate of drug-likeness (QED) is 0.450. The molecule has 0 rings (SSSR count). The van der Waals surface area contributed by atoms with Gasteiger partial charge in [0, 0.05) is 18.6 Å². The number of hydrogen-bond acceptors (Lipinski definition) is 3. The summed E-state index contributed by atoms with van der Waals surface area (Å²) in [4.78, 5) is 0. The number of halogens is 3. The molecule has 7 heteroatoms. The van der Waals surface area contributed by atoms with Crippen molar-refractivity contribution in [1.82, 2.24) is 0 Å². The first-order valence-corrected chi connectivity index (χ1v) is 0.507. The standard InChI is InChI=1S/3FHO.V/c3*1-2;/h3*2H;. The second-order valence-corrected chi connectivity index (χ2v) is 0. The zero-order valence-corrected chi connectivity index (χ0v) is 4.32. The van der Waals surface area contributed by atoms with Crippen LogP contribution in [-0.2, 0) is 18.6 Å². The first-order valence-electron chi connectivity index (χ1n) is 0.507. The molecule has 0 aromatic rings. The van der Waals surface area contributed by atoms with Crippen molar-refractivity contribution >= 4 is 0 Å². The van der Waals surface area contributed by atoms with Crippen LogP contribution in [0.1, 0.15) is 0 Å². The van der Waals surface area contributed by atoms with Gasteiger partial charge in [-0.1, -0.05) is 13.6 Å². The molecule has 1 radical (unpaired) electrons. The Bertz CT molecular complexity index is 10.1. The molecule has 0 atom stereocenters. The third-order valence-corrected chi connectivity index (χ3v) is 0. The van der Waals surface area contributed by atoms with Crippen molar-refractivity contribution in [3.05, 3.63) is 0 Å². The van der Waals surface area contributed by atoms with Crippen LogP contribution >= 0.6 is 0 Å². The van der Waals surface area contributed by atoms with E-state index >= 15 is 0 Å². The molecule has 0 heterocycles. The molecule has 0 aliphatic heterocycles. The molecule has 0 aliphatic rings. The molecule has 0 aliphatic carbocycles. The fourth-order valence-corrected chi connectivity index (χ4v) is 0. The zero-order chi connectivity index (χ0) is 6.00. The van der Waals surface area contributed by atoms with Gasteiger partial charge in [-0.15, -0.1) is 0 Å². The first kappa shape index (κ1) is 26.8. The summed E-state index contributed by atoms with van der Waals surface area (Å²) in [6.07, 6.45) is 0. The molecule has 0 spiro atoms. The van der Waals surface area contributed by atoms with E-state index in [9.17, 15) is 0 Å². The average Bonchev–Trinajstić information content (AvgIpc) is 1.81. The average molecular weight is 159 g/mol. The Labute approximate surface area is 49.0 Å². The van der Waals surface area contributed by atoms with Crippen molar-refractivity contribution < 1.29 is 48.1 Å². The Morgan fingerprint density at radius 2 is 0.571 bits per heavy atom. The second kappa shape index (κ2) is 2670. The third-order valence-electron chi connectivity index (χ3n) is 0. The van der Waals surface area contributed by atoms with Crippen LogP contribution in [0.2, 0.25) is 0 Å². The van der Waals surface area contributed by atoms with Gasteiger partial charge in [0.05, 0.1) is 0 Å². The van der Waals surface area contributed by atoms with Gasteiger partial charge < -0.3 is 0 Å². The molecule has 0 fully saturated rings. The minimum atomic E-state index is 0. The normalized spacial score (nSPS) is 2.57. The van der Waals surface area contributed by atoms with Gasteiger partial charge in [-0.25, -0.2) is 15.9 Å². The van der Waals surface area contributed by atoms with Crippen molar-refractivity contribution in [2.45, 2.75) is 0 Å². The maximum atomic E-state index is 8.50. The summed E-state index contributed by atoms with van der Waals surface area (Å²) in [7, 11) is 0. The molecular weight excluding hydrogens is 156 g/mol. The largest absolute Gasteiger partial charge is 0.209 e. The topological polar surface area (TPSA) is 60.7 Å². The van der Waals surface area contributed by atoms with Gasteiger partial charge >= 0.3 is 0 Å². The molecule has 0 saturated carbocycles. The monoisotopic (exact) mass is 159 g/mol. The van der Waals surface area contributed by atoms with Gasteiger partial charge in [0.2, 0.25) is 0 Å². The fourth-order valence-electron chi connectivity index (χ4n) is 0. The predicted octanol–water partition coefficient (Wildman–Crippen LogP) is -0.413. The van der Waals surface area contributed by atoms with Crippen LogP contribution in [0.5, 0.6) is 0 Å². The Morgan fingerprint density at radius 3 is 0.571 bits per heavy atom. The van der Waals surface area contributed by atoms with Gasteiger partial charge in [0.1, 0.15) is 0 Å². The molecular formula is H3F3O3V. The number of hydrogen-bond donors (Lipinski definition) is 3. The molecule has 7 heavy (non-hydrogen) atoms. The minimum Gasteiger partial charge on any atom is -0.209 e. The van der Waals surface area contributed by atoms with E-state index in [0.717, 1.165) is 0 Å². The van der Waals surface area contributed by atoms with Gasteiger partial charge in [-0.2, -0.15) is 0 Å². The third kappa shape index (κ3) is 1750. The smallest absolute Gasteiger partial charge is 0 e. The van der Waals surface area contributed by atoms with E-state index in [1.54, 1.807) is 0 Å². The SMILES string of the molecule is OF.OF.OF.[V]. The van der Waals surface area contributed by atoms with E-state index < -0.39 is 0 Å². The van der Waals surface area contributed by atoms with Crippen LogP contribution in [-0.4, -0.2) is 15.9 Å². The van der Waals surface area contributed by atoms with Gasteiger partial charge in [0.15, 0.2) is 0 Å². The number of rotatable bonds is 0. The van der Waals surface area contributed by atoms with Gasteiger partial charge in [0.25, 0.3) is 0 Å². The molecule has 0 aromatic heterocycles. The minimum absolute atomic E-state index is 0. The van der Waals surface area contributed by atoms with E-state index in [2.05, 4.69) is 0 Å². The van der Waals surface area contributed by atoms with Gasteiger partial charge in [-0.05, 0) is 0 Å². The summed E-state index contributed by atoms with van der Waals surface area (Å²) in [6.45, 7) is 0. The van der Waals surface area contributed by atoms with Gasteiger partial charge in [-0.3, -0.25) is 0 Å². The Balaban J connectivity index is -0.00000000900. The zero-order valence-electron chi connectivity index (χ0n) is 2.92. The van der Waals surface area contributed by atoms with E-state index in [-0.39, 0.29) is 18.6 Å². The van der Waals surface area contributed by atoms with E-state index in [0.29, 0.717) is 0 Å². The van der Waals surface area contributed by atoms with Crippen LogP contribution in [0.4, 0.5) is 13.6 Å². The molecule has 0 bridgehead atoms. The fraction of sp³-hybridized carbons (Fsp3) is 0. The van der Waals surface area contributed by atoms with Crippen molar-refractivity contribution in [1.29, 1.82) is 0 Å². The maximum Gasteiger partial charge on any atom is 0 e. The van der Waals surface area contributed by atoms with Crippen molar-refractivity contribution in [3.8, 4) is 0 Å². The molecule has 0 saturated heterocycles. The van der Waals surface area contributed by atoms with Crippen LogP contribution in [0.25, 0.3) is 0 Å². The van der Waals surface area contributed by atoms with Crippen LogP contribution < -0.4 is 0 Å². The summed E-state index contributed by atoms with van der Waals surface area (Å²) < 4.78 is 25.5. The van der Waals surface area contributed by atoms with E-state index in [1.165, 1.54) is 0 Å².